The van der Waals surface area contributed by atoms with Gasteiger partial charge >= 0.3 is 6.09 Å². The molecule has 0 unspecified atom stereocenters. The molecule has 2 amide bonds. The number of nitrogens with one attached hydrogen (secondary N) is 1. The van der Waals surface area contributed by atoms with Gasteiger partial charge in [-0.25, -0.2) is 4.79 Å². The van der Waals surface area contributed by atoms with Gasteiger partial charge in [-0.15, -0.1) is 0 Å². The molecule has 0 radical (unpaired) electrons. The Labute approximate surface area is 97.1 Å². The van der Waals surface area contributed by atoms with Crippen molar-refractivity contribution in [3.63, 3.8) is 0 Å². The molecular weight excluding hydrogens is 208 g/mol. The van der Waals surface area contributed by atoms with Gasteiger partial charge in [0.1, 0.15) is 5.60 Å². The van der Waals surface area contributed by atoms with Crippen molar-refractivity contribution in [1.82, 2.24) is 10.2 Å². The molecule has 0 bridgehead atoms. The quantitative estimate of drug-likeness (QED) is 0.793. The first kappa shape index (κ1) is 14.7. The normalized spacial score (nSPS) is 10.8. The van der Waals surface area contributed by atoms with Crippen LogP contribution < -0.4 is 5.32 Å². The van der Waals surface area contributed by atoms with Crippen LogP contribution in [0.2, 0.25) is 0 Å². The lowest BCUT2D eigenvalue weighted by Crippen LogP contribution is -2.39. The van der Waals surface area contributed by atoms with Crippen molar-refractivity contribution in [2.75, 3.05) is 20.1 Å². The summed E-state index contributed by atoms with van der Waals surface area (Å²) in [7, 11) is 1.65. The Morgan fingerprint density at radius 3 is 2.31 bits per heavy atom. The average molecular weight is 230 g/mol. The van der Waals surface area contributed by atoms with Gasteiger partial charge in [0.2, 0.25) is 5.91 Å². The maximum Gasteiger partial charge on any atom is 0.410 e. The molecule has 5 nitrogen and oxygen atoms in total. The summed E-state index contributed by atoms with van der Waals surface area (Å²) in [5, 5.41) is 2.69. The molecule has 0 fully saturated rings. The lowest BCUT2D eigenvalue weighted by atomic mass is 10.2. The summed E-state index contributed by atoms with van der Waals surface area (Å²) < 4.78 is 5.16. The van der Waals surface area contributed by atoms with Gasteiger partial charge in [-0.2, -0.15) is 0 Å². The van der Waals surface area contributed by atoms with Gasteiger partial charge in [-0.05, 0) is 20.8 Å². The molecule has 5 heteroatoms. The summed E-state index contributed by atoms with van der Waals surface area (Å²) in [6.45, 7) is 8.13. The van der Waals surface area contributed by atoms with Gasteiger partial charge in [0.15, 0.2) is 0 Å². The van der Waals surface area contributed by atoms with Crippen LogP contribution in [0.4, 0.5) is 4.79 Å². The van der Waals surface area contributed by atoms with Crippen molar-refractivity contribution in [1.29, 1.82) is 0 Å². The van der Waals surface area contributed by atoms with Crippen molar-refractivity contribution in [2.45, 2.75) is 39.7 Å². The third-order valence-electron chi connectivity index (χ3n) is 1.80. The van der Waals surface area contributed by atoms with Gasteiger partial charge in [-0.3, -0.25) is 4.79 Å². The van der Waals surface area contributed by atoms with Gasteiger partial charge in [0.05, 0.1) is 0 Å². The summed E-state index contributed by atoms with van der Waals surface area (Å²) in [5.41, 5.74) is -0.488. The first-order chi connectivity index (χ1) is 7.26. The first-order valence-electron chi connectivity index (χ1n) is 5.47. The molecule has 0 saturated carbocycles. The Bertz CT molecular complexity index is 246. The fourth-order valence-corrected chi connectivity index (χ4v) is 0.919. The minimum Gasteiger partial charge on any atom is -0.444 e. The number of nitrogens with zero attached hydrogens (tertiary/aromatic N) is 1. The number of rotatable bonds is 4. The van der Waals surface area contributed by atoms with E-state index in [0.29, 0.717) is 19.5 Å². The number of likely N-dealkylation sites (N-methyl/N-ethyl adjacent to an activating group) is 1. The van der Waals surface area contributed by atoms with Crippen molar-refractivity contribution in [2.24, 2.45) is 0 Å². The van der Waals surface area contributed by atoms with E-state index < -0.39 is 5.60 Å². The van der Waals surface area contributed by atoms with E-state index in [1.165, 1.54) is 4.90 Å². The van der Waals surface area contributed by atoms with Crippen LogP contribution in [0.1, 0.15) is 34.1 Å². The Morgan fingerprint density at radius 1 is 1.31 bits per heavy atom. The number of hydrogen-bond acceptors (Lipinski definition) is 3. The lowest BCUT2D eigenvalue weighted by Gasteiger charge is -2.24. The first-order valence-corrected chi connectivity index (χ1v) is 5.47. The molecule has 94 valence electrons. The topological polar surface area (TPSA) is 58.6 Å². The van der Waals surface area contributed by atoms with Crippen LogP contribution in [-0.2, 0) is 9.53 Å². The highest BCUT2D eigenvalue weighted by Crippen LogP contribution is 2.08. The number of hydrogen-bond donors (Lipinski definition) is 1. The highest BCUT2D eigenvalue weighted by molar-refractivity contribution is 5.75. The summed E-state index contributed by atoms with van der Waals surface area (Å²) in [6.07, 6.45) is 0.0779. The molecule has 0 rings (SSSR count). The van der Waals surface area contributed by atoms with Crippen LogP contribution >= 0.6 is 0 Å². The molecule has 0 aromatic rings. The fourth-order valence-electron chi connectivity index (χ4n) is 0.919. The number of carbonyl (C=O) groups excluding carboxylic acids is 2. The molecule has 0 aliphatic rings. The lowest BCUT2D eigenvalue weighted by molar-refractivity contribution is -0.120. The predicted molar refractivity (Wildman–Crippen MR) is 62.2 cm³/mol. The van der Waals surface area contributed by atoms with E-state index in [1.807, 2.05) is 20.8 Å². The van der Waals surface area contributed by atoms with Crippen LogP contribution in [-0.4, -0.2) is 42.6 Å². The summed E-state index contributed by atoms with van der Waals surface area (Å²) in [6, 6.07) is 0. The largest absolute Gasteiger partial charge is 0.444 e. The van der Waals surface area contributed by atoms with Crippen LogP contribution in [0.5, 0.6) is 0 Å². The third kappa shape index (κ3) is 7.09. The van der Waals surface area contributed by atoms with Crippen molar-refractivity contribution in [3.8, 4) is 0 Å². The maximum absolute atomic E-state index is 11.5. The molecule has 0 atom stereocenters. The molecular formula is C11H22N2O3. The van der Waals surface area contributed by atoms with E-state index in [9.17, 15) is 9.59 Å². The third-order valence-corrected chi connectivity index (χ3v) is 1.80. The van der Waals surface area contributed by atoms with Crippen LogP contribution in [0.15, 0.2) is 0 Å². The zero-order valence-electron chi connectivity index (χ0n) is 10.8. The zero-order chi connectivity index (χ0) is 12.8. The van der Waals surface area contributed by atoms with Crippen molar-refractivity contribution in [3.05, 3.63) is 0 Å². The highest BCUT2D eigenvalue weighted by Gasteiger charge is 2.19. The molecule has 0 aliphatic heterocycles. The molecule has 1 N–H and O–H groups in total. The molecule has 0 heterocycles. The van der Waals surface area contributed by atoms with E-state index in [4.69, 9.17) is 4.74 Å². The highest BCUT2D eigenvalue weighted by atomic mass is 16.6. The molecule has 0 aromatic carbocycles. The molecule has 0 saturated heterocycles. The van der Waals surface area contributed by atoms with Gasteiger partial charge < -0.3 is 15.0 Å². The summed E-state index contributed by atoms with van der Waals surface area (Å²) >= 11 is 0. The molecule has 0 aliphatic carbocycles. The SMILES string of the molecule is CCC(=O)NCCN(C)C(=O)OC(C)(C)C. The number of carbonyl (C=O) groups is 2. The standard InChI is InChI=1S/C11H22N2O3/c1-6-9(14)12-7-8-13(5)10(15)16-11(2,3)4/h6-8H2,1-5H3,(H,12,14). The predicted octanol–water partition coefficient (Wildman–Crippen LogP) is 1.38. The fraction of sp³-hybridized carbons (Fsp3) is 0.818. The monoisotopic (exact) mass is 230 g/mol. The smallest absolute Gasteiger partial charge is 0.410 e. The van der Waals surface area contributed by atoms with E-state index in [2.05, 4.69) is 5.32 Å². The number of amides is 2. The van der Waals surface area contributed by atoms with Crippen LogP contribution in [0, 0.1) is 0 Å². The van der Waals surface area contributed by atoms with Gasteiger partial charge in [0.25, 0.3) is 0 Å². The van der Waals surface area contributed by atoms with E-state index in [1.54, 1.807) is 14.0 Å². The van der Waals surface area contributed by atoms with E-state index in [0.717, 1.165) is 0 Å². The second kappa shape index (κ2) is 6.35. The summed E-state index contributed by atoms with van der Waals surface area (Å²) in [4.78, 5) is 23.9. The van der Waals surface area contributed by atoms with Crippen molar-refractivity contribution >= 4 is 12.0 Å². The summed E-state index contributed by atoms with van der Waals surface area (Å²) in [5.74, 6) is -0.0161. The van der Waals surface area contributed by atoms with Crippen LogP contribution in [0.25, 0.3) is 0 Å². The van der Waals surface area contributed by atoms with Crippen molar-refractivity contribution < 1.29 is 14.3 Å². The second-order valence-electron chi connectivity index (χ2n) is 4.61. The molecule has 16 heavy (non-hydrogen) atoms. The van der Waals surface area contributed by atoms with Gasteiger partial charge in [0, 0.05) is 26.6 Å². The Balaban J connectivity index is 3.84. The minimum atomic E-state index is -0.488. The second-order valence-corrected chi connectivity index (χ2v) is 4.61. The minimum absolute atomic E-state index is 0.0161. The Kier molecular flexibility index (Phi) is 5.85. The van der Waals surface area contributed by atoms with E-state index in [-0.39, 0.29) is 12.0 Å². The number of ether oxygens (including phenoxy) is 1. The maximum atomic E-state index is 11.5. The van der Waals surface area contributed by atoms with E-state index >= 15 is 0 Å². The zero-order valence-corrected chi connectivity index (χ0v) is 10.8. The molecule has 0 aromatic heterocycles. The average Bonchev–Trinajstić information content (AvgIpc) is 2.14. The van der Waals surface area contributed by atoms with Gasteiger partial charge in [-0.1, -0.05) is 6.92 Å². The van der Waals surface area contributed by atoms with Crippen LogP contribution in [0.3, 0.4) is 0 Å². The Morgan fingerprint density at radius 2 is 1.88 bits per heavy atom. The Hall–Kier alpha value is -1.26. The molecule has 0 spiro atoms.